The average Bonchev–Trinajstić information content (AvgIpc) is 2.91. The molecular formula is C19H21ClN2O2. The van der Waals surface area contributed by atoms with Gasteiger partial charge in [0.05, 0.1) is 17.6 Å². The lowest BCUT2D eigenvalue weighted by molar-refractivity contribution is 0.0927. The number of aliphatic hydroxyl groups is 1. The quantitative estimate of drug-likeness (QED) is 0.702. The van der Waals surface area contributed by atoms with Crippen molar-refractivity contribution in [1.29, 1.82) is 0 Å². The van der Waals surface area contributed by atoms with E-state index >= 15 is 0 Å². The highest BCUT2D eigenvalue weighted by Gasteiger charge is 2.14. The van der Waals surface area contributed by atoms with Crippen LogP contribution < -0.4 is 4.74 Å². The molecule has 0 spiro atoms. The molecule has 24 heavy (non-hydrogen) atoms. The summed E-state index contributed by atoms with van der Waals surface area (Å²) in [4.78, 5) is 4.68. The van der Waals surface area contributed by atoms with E-state index in [9.17, 15) is 5.11 Å². The fourth-order valence-electron chi connectivity index (χ4n) is 2.76. The van der Waals surface area contributed by atoms with Crippen LogP contribution in [-0.2, 0) is 13.0 Å². The molecule has 0 saturated heterocycles. The summed E-state index contributed by atoms with van der Waals surface area (Å²) in [6.07, 6.45) is 1.27. The lowest BCUT2D eigenvalue weighted by Crippen LogP contribution is -2.24. The van der Waals surface area contributed by atoms with Gasteiger partial charge in [-0.2, -0.15) is 0 Å². The molecule has 0 radical (unpaired) electrons. The van der Waals surface area contributed by atoms with Crippen molar-refractivity contribution in [3.63, 3.8) is 0 Å². The zero-order chi connectivity index (χ0) is 16.9. The Balaban J connectivity index is 1.72. The predicted octanol–water partition coefficient (Wildman–Crippen LogP) is 4.08. The Bertz CT molecular complexity index is 816. The third-order valence-electron chi connectivity index (χ3n) is 3.84. The van der Waals surface area contributed by atoms with Crippen LogP contribution in [0.25, 0.3) is 11.0 Å². The number of aliphatic hydroxyl groups excluding tert-OH is 1. The summed E-state index contributed by atoms with van der Waals surface area (Å²) in [6, 6.07) is 15.2. The molecule has 0 aliphatic carbocycles. The SMILES string of the molecule is CCCc1nc2ccccc2n1CC(O)COc1cccc(Cl)c1. The van der Waals surface area contributed by atoms with Gasteiger partial charge in [0.1, 0.15) is 24.3 Å². The maximum atomic E-state index is 10.4. The van der Waals surface area contributed by atoms with Gasteiger partial charge in [0.15, 0.2) is 0 Å². The maximum absolute atomic E-state index is 10.4. The molecule has 2 aromatic carbocycles. The number of rotatable bonds is 7. The summed E-state index contributed by atoms with van der Waals surface area (Å²) in [5, 5.41) is 11.0. The maximum Gasteiger partial charge on any atom is 0.120 e. The van der Waals surface area contributed by atoms with Gasteiger partial charge < -0.3 is 14.4 Å². The van der Waals surface area contributed by atoms with E-state index in [-0.39, 0.29) is 6.61 Å². The molecule has 0 amide bonds. The van der Waals surface area contributed by atoms with Gasteiger partial charge in [0, 0.05) is 11.4 Å². The number of aryl methyl sites for hydroxylation is 1. The van der Waals surface area contributed by atoms with E-state index in [0.717, 1.165) is 29.7 Å². The second-order valence-corrected chi connectivity index (χ2v) is 6.24. The first-order valence-corrected chi connectivity index (χ1v) is 8.55. The van der Waals surface area contributed by atoms with Crippen LogP contribution in [0.5, 0.6) is 5.75 Å². The van der Waals surface area contributed by atoms with E-state index in [1.165, 1.54) is 0 Å². The number of ether oxygens (including phenoxy) is 1. The van der Waals surface area contributed by atoms with Crippen molar-refractivity contribution in [2.45, 2.75) is 32.4 Å². The smallest absolute Gasteiger partial charge is 0.120 e. The number of hydrogen-bond donors (Lipinski definition) is 1. The number of benzene rings is 2. The van der Waals surface area contributed by atoms with Crippen molar-refractivity contribution in [2.75, 3.05) is 6.61 Å². The lowest BCUT2D eigenvalue weighted by Gasteiger charge is -2.15. The van der Waals surface area contributed by atoms with Crippen LogP contribution in [0, 0.1) is 0 Å². The number of nitrogens with zero attached hydrogens (tertiary/aromatic N) is 2. The summed E-state index contributed by atoms with van der Waals surface area (Å²) < 4.78 is 7.73. The third kappa shape index (κ3) is 3.89. The number of fused-ring (bicyclic) bond motifs is 1. The van der Waals surface area contributed by atoms with Crippen molar-refractivity contribution in [3.8, 4) is 5.75 Å². The molecule has 1 aromatic heterocycles. The minimum Gasteiger partial charge on any atom is -0.491 e. The molecule has 1 heterocycles. The summed E-state index contributed by atoms with van der Waals surface area (Å²) in [6.45, 7) is 2.79. The van der Waals surface area contributed by atoms with E-state index in [2.05, 4.69) is 16.5 Å². The molecular weight excluding hydrogens is 324 g/mol. The fourth-order valence-corrected chi connectivity index (χ4v) is 2.94. The predicted molar refractivity (Wildman–Crippen MR) is 96.7 cm³/mol. The number of aromatic nitrogens is 2. The zero-order valence-electron chi connectivity index (χ0n) is 13.7. The number of para-hydroxylation sites is 2. The van der Waals surface area contributed by atoms with E-state index < -0.39 is 6.10 Å². The van der Waals surface area contributed by atoms with Gasteiger partial charge in [-0.05, 0) is 36.8 Å². The molecule has 0 aliphatic rings. The van der Waals surface area contributed by atoms with E-state index in [1.54, 1.807) is 12.1 Å². The van der Waals surface area contributed by atoms with E-state index in [1.807, 2.05) is 36.4 Å². The minimum atomic E-state index is -0.628. The number of hydrogen-bond acceptors (Lipinski definition) is 3. The van der Waals surface area contributed by atoms with Crippen LogP contribution in [0.4, 0.5) is 0 Å². The first kappa shape index (κ1) is 16.8. The first-order valence-electron chi connectivity index (χ1n) is 8.18. The summed E-state index contributed by atoms with van der Waals surface area (Å²) in [5.74, 6) is 1.66. The van der Waals surface area contributed by atoms with Crippen LogP contribution in [0.3, 0.4) is 0 Å². The van der Waals surface area contributed by atoms with Gasteiger partial charge in [-0.3, -0.25) is 0 Å². The normalized spacial score (nSPS) is 12.5. The summed E-state index contributed by atoms with van der Waals surface area (Å²) >= 11 is 5.94. The molecule has 126 valence electrons. The molecule has 0 bridgehead atoms. The molecule has 1 atom stereocenters. The zero-order valence-corrected chi connectivity index (χ0v) is 14.4. The molecule has 0 fully saturated rings. The Hall–Kier alpha value is -2.04. The van der Waals surface area contributed by atoms with Gasteiger partial charge in [-0.15, -0.1) is 0 Å². The van der Waals surface area contributed by atoms with Gasteiger partial charge in [0.2, 0.25) is 0 Å². The van der Waals surface area contributed by atoms with Crippen LogP contribution >= 0.6 is 11.6 Å². The highest BCUT2D eigenvalue weighted by molar-refractivity contribution is 6.30. The Kier molecular flexibility index (Phi) is 5.38. The molecule has 0 saturated carbocycles. The van der Waals surface area contributed by atoms with Crippen LogP contribution in [0.2, 0.25) is 5.02 Å². The van der Waals surface area contributed by atoms with Crippen molar-refractivity contribution < 1.29 is 9.84 Å². The third-order valence-corrected chi connectivity index (χ3v) is 4.07. The Morgan fingerprint density at radius 1 is 1.21 bits per heavy atom. The van der Waals surface area contributed by atoms with Gasteiger partial charge in [-0.1, -0.05) is 36.7 Å². The number of halogens is 1. The average molecular weight is 345 g/mol. The minimum absolute atomic E-state index is 0.207. The Morgan fingerprint density at radius 3 is 2.83 bits per heavy atom. The van der Waals surface area contributed by atoms with Crippen LogP contribution in [0.1, 0.15) is 19.2 Å². The van der Waals surface area contributed by atoms with Gasteiger partial charge in [-0.25, -0.2) is 4.98 Å². The molecule has 3 aromatic rings. The van der Waals surface area contributed by atoms with Crippen molar-refractivity contribution >= 4 is 22.6 Å². The van der Waals surface area contributed by atoms with Crippen LogP contribution in [0.15, 0.2) is 48.5 Å². The second-order valence-electron chi connectivity index (χ2n) is 5.80. The van der Waals surface area contributed by atoms with Gasteiger partial charge >= 0.3 is 0 Å². The second kappa shape index (κ2) is 7.69. The molecule has 5 heteroatoms. The fraction of sp³-hybridized carbons (Fsp3) is 0.316. The first-order chi connectivity index (χ1) is 11.7. The van der Waals surface area contributed by atoms with Crippen molar-refractivity contribution in [3.05, 3.63) is 59.4 Å². The highest BCUT2D eigenvalue weighted by Crippen LogP contribution is 2.19. The largest absolute Gasteiger partial charge is 0.491 e. The number of imidazole rings is 1. The standard InChI is InChI=1S/C19H21ClN2O2/c1-2-6-19-21-17-9-3-4-10-18(17)22(19)12-15(23)13-24-16-8-5-7-14(20)11-16/h3-5,7-11,15,23H,2,6,12-13H2,1H3. The topological polar surface area (TPSA) is 47.3 Å². The highest BCUT2D eigenvalue weighted by atomic mass is 35.5. The molecule has 0 aliphatic heterocycles. The van der Waals surface area contributed by atoms with Gasteiger partial charge in [0.25, 0.3) is 0 Å². The van der Waals surface area contributed by atoms with Crippen LogP contribution in [-0.4, -0.2) is 27.4 Å². The van der Waals surface area contributed by atoms with E-state index in [0.29, 0.717) is 17.3 Å². The summed E-state index contributed by atoms with van der Waals surface area (Å²) in [7, 11) is 0. The Labute approximate surface area is 146 Å². The Morgan fingerprint density at radius 2 is 2.04 bits per heavy atom. The molecule has 4 nitrogen and oxygen atoms in total. The summed E-state index contributed by atoms with van der Waals surface area (Å²) in [5.41, 5.74) is 2.01. The molecule has 3 rings (SSSR count). The molecule has 1 unspecified atom stereocenters. The monoisotopic (exact) mass is 344 g/mol. The molecule has 1 N–H and O–H groups in total. The lowest BCUT2D eigenvalue weighted by atomic mass is 10.3. The van der Waals surface area contributed by atoms with Crippen molar-refractivity contribution in [1.82, 2.24) is 9.55 Å². The van der Waals surface area contributed by atoms with E-state index in [4.69, 9.17) is 16.3 Å². The van der Waals surface area contributed by atoms with Crippen molar-refractivity contribution in [2.24, 2.45) is 0 Å².